The van der Waals surface area contributed by atoms with Gasteiger partial charge in [0, 0.05) is 22.8 Å². The molecule has 3 nitrogen and oxygen atoms in total. The summed E-state index contributed by atoms with van der Waals surface area (Å²) < 4.78 is 0. The minimum absolute atomic E-state index is 0. The van der Waals surface area contributed by atoms with Gasteiger partial charge in [-0.3, -0.25) is 4.79 Å². The third-order valence-corrected chi connectivity index (χ3v) is 4.66. The quantitative estimate of drug-likeness (QED) is 0.902. The Balaban J connectivity index is 0.00000242. The van der Waals surface area contributed by atoms with Crippen molar-refractivity contribution in [3.63, 3.8) is 0 Å². The first-order valence-corrected chi connectivity index (χ1v) is 7.91. The zero-order valence-electron chi connectivity index (χ0n) is 13.2. The number of halogens is 1. The Morgan fingerprint density at radius 3 is 2.41 bits per heavy atom. The van der Waals surface area contributed by atoms with Crippen LogP contribution in [0, 0.1) is 12.8 Å². The van der Waals surface area contributed by atoms with Crippen LogP contribution < -0.4 is 5.73 Å². The Kier molecular flexibility index (Phi) is 7.07. The van der Waals surface area contributed by atoms with E-state index in [1.54, 1.807) is 16.2 Å². The summed E-state index contributed by atoms with van der Waals surface area (Å²) in [4.78, 5) is 16.7. The summed E-state index contributed by atoms with van der Waals surface area (Å²) in [7, 11) is 1.84. The van der Waals surface area contributed by atoms with E-state index >= 15 is 0 Å². The van der Waals surface area contributed by atoms with E-state index < -0.39 is 0 Å². The second-order valence-corrected chi connectivity index (χ2v) is 6.80. The largest absolute Gasteiger partial charge is 0.340 e. The molecule has 0 fully saturated rings. The highest BCUT2D eigenvalue weighted by atomic mass is 35.5. The second kappa shape index (κ2) is 8.32. The molecule has 0 bridgehead atoms. The van der Waals surface area contributed by atoms with E-state index in [1.165, 1.54) is 9.75 Å². The van der Waals surface area contributed by atoms with Crippen LogP contribution in [0.25, 0.3) is 0 Å². The number of nitrogens with zero attached hydrogens (tertiary/aromatic N) is 1. The van der Waals surface area contributed by atoms with Crippen molar-refractivity contribution in [1.29, 1.82) is 0 Å². The highest BCUT2D eigenvalue weighted by Gasteiger charge is 2.25. The van der Waals surface area contributed by atoms with Gasteiger partial charge >= 0.3 is 0 Å². The average molecular weight is 339 g/mol. The molecule has 1 amide bonds. The number of thiophene rings is 1. The summed E-state index contributed by atoms with van der Waals surface area (Å²) >= 11 is 1.72. The van der Waals surface area contributed by atoms with Crippen molar-refractivity contribution in [3.05, 3.63) is 57.8 Å². The number of nitrogens with two attached hydrogens (primary N) is 1. The number of amides is 1. The van der Waals surface area contributed by atoms with E-state index in [0.717, 1.165) is 5.56 Å². The van der Waals surface area contributed by atoms with Gasteiger partial charge in [0.25, 0.3) is 0 Å². The molecule has 0 spiro atoms. The molecule has 2 N–H and O–H groups in total. The number of hydrogen-bond donors (Lipinski definition) is 1. The predicted molar refractivity (Wildman–Crippen MR) is 95.3 cm³/mol. The molecule has 0 saturated carbocycles. The average Bonchev–Trinajstić information content (AvgIpc) is 2.90. The number of hydrogen-bond acceptors (Lipinski definition) is 3. The van der Waals surface area contributed by atoms with E-state index in [9.17, 15) is 4.79 Å². The lowest BCUT2D eigenvalue weighted by molar-refractivity contribution is -0.134. The maximum absolute atomic E-state index is 12.5. The maximum atomic E-state index is 12.5. The lowest BCUT2D eigenvalue weighted by Crippen LogP contribution is -2.36. The normalized spacial score (nSPS) is 13.1. The Bertz CT molecular complexity index is 600. The van der Waals surface area contributed by atoms with Crippen molar-refractivity contribution >= 4 is 29.7 Å². The summed E-state index contributed by atoms with van der Waals surface area (Å²) in [5, 5.41) is 0. The van der Waals surface area contributed by atoms with Gasteiger partial charge in [-0.2, -0.15) is 0 Å². The molecule has 120 valence electrons. The van der Waals surface area contributed by atoms with Gasteiger partial charge in [-0.15, -0.1) is 23.7 Å². The van der Waals surface area contributed by atoms with Crippen LogP contribution in [-0.2, 0) is 11.3 Å². The third-order valence-electron chi connectivity index (χ3n) is 3.68. The van der Waals surface area contributed by atoms with Crippen molar-refractivity contribution in [2.45, 2.75) is 26.4 Å². The van der Waals surface area contributed by atoms with Gasteiger partial charge in [0.1, 0.15) is 0 Å². The molecule has 2 aromatic rings. The highest BCUT2D eigenvalue weighted by molar-refractivity contribution is 7.11. The molecule has 22 heavy (non-hydrogen) atoms. The Morgan fingerprint density at radius 2 is 1.86 bits per heavy atom. The van der Waals surface area contributed by atoms with Crippen LogP contribution >= 0.6 is 23.7 Å². The fourth-order valence-corrected chi connectivity index (χ4v) is 3.29. The van der Waals surface area contributed by atoms with Gasteiger partial charge < -0.3 is 10.6 Å². The maximum Gasteiger partial charge on any atom is 0.227 e. The van der Waals surface area contributed by atoms with E-state index in [2.05, 4.69) is 19.1 Å². The van der Waals surface area contributed by atoms with Crippen LogP contribution in [0.5, 0.6) is 0 Å². The molecular formula is C17H23ClN2OS. The van der Waals surface area contributed by atoms with Crippen molar-refractivity contribution < 1.29 is 4.79 Å². The van der Waals surface area contributed by atoms with Crippen molar-refractivity contribution in [2.24, 2.45) is 11.7 Å². The van der Waals surface area contributed by atoms with Crippen molar-refractivity contribution in [3.8, 4) is 0 Å². The van der Waals surface area contributed by atoms with E-state index in [4.69, 9.17) is 5.73 Å². The minimum atomic E-state index is -0.272. The molecule has 0 radical (unpaired) electrons. The molecule has 0 aliphatic heterocycles. The highest BCUT2D eigenvalue weighted by Crippen LogP contribution is 2.22. The number of carbonyl (C=O) groups is 1. The zero-order valence-corrected chi connectivity index (χ0v) is 14.8. The Labute approximate surface area is 142 Å². The molecule has 2 rings (SSSR count). The van der Waals surface area contributed by atoms with E-state index in [1.807, 2.05) is 44.3 Å². The summed E-state index contributed by atoms with van der Waals surface area (Å²) in [6.45, 7) is 4.61. The van der Waals surface area contributed by atoms with Gasteiger partial charge in [-0.25, -0.2) is 0 Å². The molecule has 0 saturated heterocycles. The molecule has 1 aromatic carbocycles. The second-order valence-electron chi connectivity index (χ2n) is 5.43. The molecule has 5 heteroatoms. The first-order valence-electron chi connectivity index (χ1n) is 7.10. The fraction of sp³-hybridized carbons (Fsp3) is 0.353. The third kappa shape index (κ3) is 4.57. The van der Waals surface area contributed by atoms with Crippen molar-refractivity contribution in [1.82, 2.24) is 4.90 Å². The lowest BCUT2D eigenvalue weighted by atomic mass is 9.94. The zero-order chi connectivity index (χ0) is 15.4. The summed E-state index contributed by atoms with van der Waals surface area (Å²) in [5.74, 6) is -0.157. The van der Waals surface area contributed by atoms with Gasteiger partial charge in [0.05, 0.1) is 12.5 Å². The molecule has 1 aromatic heterocycles. The molecule has 2 atom stereocenters. The van der Waals surface area contributed by atoms with Gasteiger partial charge in [0.2, 0.25) is 5.91 Å². The molecule has 2 unspecified atom stereocenters. The van der Waals surface area contributed by atoms with E-state index in [-0.39, 0.29) is 30.3 Å². The molecule has 0 aliphatic rings. The summed E-state index contributed by atoms with van der Waals surface area (Å²) in [5.41, 5.74) is 7.23. The number of rotatable bonds is 5. The predicted octanol–water partition coefficient (Wildman–Crippen LogP) is 3.77. The first kappa shape index (κ1) is 18.7. The first-order chi connectivity index (χ1) is 9.99. The minimum Gasteiger partial charge on any atom is -0.340 e. The topological polar surface area (TPSA) is 46.3 Å². The number of benzene rings is 1. The monoisotopic (exact) mass is 338 g/mol. The Morgan fingerprint density at radius 1 is 1.23 bits per heavy atom. The van der Waals surface area contributed by atoms with Gasteiger partial charge in [-0.05, 0) is 24.6 Å². The molecule has 1 heterocycles. The lowest BCUT2D eigenvalue weighted by Gasteiger charge is -2.25. The van der Waals surface area contributed by atoms with Gasteiger partial charge in [0.15, 0.2) is 0 Å². The van der Waals surface area contributed by atoms with Crippen molar-refractivity contribution in [2.75, 3.05) is 7.05 Å². The van der Waals surface area contributed by atoms with Crippen LogP contribution in [-0.4, -0.2) is 17.9 Å². The van der Waals surface area contributed by atoms with E-state index in [0.29, 0.717) is 6.54 Å². The fourth-order valence-electron chi connectivity index (χ4n) is 2.35. The summed E-state index contributed by atoms with van der Waals surface area (Å²) in [6, 6.07) is 13.7. The molecular weight excluding hydrogens is 316 g/mol. The van der Waals surface area contributed by atoms with Crippen LogP contribution in [0.4, 0.5) is 0 Å². The number of carbonyl (C=O) groups excluding carboxylic acids is 1. The van der Waals surface area contributed by atoms with Crippen LogP contribution in [0.3, 0.4) is 0 Å². The van der Waals surface area contributed by atoms with Gasteiger partial charge in [-0.1, -0.05) is 37.3 Å². The van der Waals surface area contributed by atoms with Crippen LogP contribution in [0.1, 0.15) is 28.3 Å². The smallest absolute Gasteiger partial charge is 0.227 e. The SMILES string of the molecule is Cc1ccc(CN(C)C(=O)C(C)C(N)c2ccccc2)s1.Cl. The standard InChI is InChI=1S/C17H22N2OS.ClH/c1-12-9-10-15(21-12)11-19(3)17(20)13(2)16(18)14-7-5-4-6-8-14;/h4-10,13,16H,11,18H2,1-3H3;1H. The molecule has 0 aliphatic carbocycles. The van der Waals surface area contributed by atoms with Crippen LogP contribution in [0.15, 0.2) is 42.5 Å². The number of aryl methyl sites for hydroxylation is 1. The Hall–Kier alpha value is -1.36. The summed E-state index contributed by atoms with van der Waals surface area (Å²) in [6.07, 6.45) is 0. The van der Waals surface area contributed by atoms with Crippen LogP contribution in [0.2, 0.25) is 0 Å².